The molecule has 0 aromatic carbocycles. The van der Waals surface area contributed by atoms with Crippen LogP contribution in [0.1, 0.15) is 43.5 Å². The molecule has 0 bridgehead atoms. The van der Waals surface area contributed by atoms with Gasteiger partial charge in [0.15, 0.2) is 0 Å². The average Bonchev–Trinajstić information content (AvgIpc) is 2.85. The van der Waals surface area contributed by atoms with Crippen molar-refractivity contribution in [2.24, 2.45) is 0 Å². The summed E-state index contributed by atoms with van der Waals surface area (Å²) in [6.45, 7) is 4.75. The zero-order valence-electron chi connectivity index (χ0n) is 11.0. The van der Waals surface area contributed by atoms with Crippen LogP contribution in [-0.4, -0.2) is 31.1 Å². The van der Waals surface area contributed by atoms with Crippen LogP contribution in [0, 0.1) is 0 Å². The molecule has 1 aromatic rings. The highest BCUT2D eigenvalue weighted by atomic mass is 32.1. The summed E-state index contributed by atoms with van der Waals surface area (Å²) in [4.78, 5) is 3.93. The SMILES string of the molecule is CCCC(NC1CCN(C)CC1)c1cccs1. The highest BCUT2D eigenvalue weighted by molar-refractivity contribution is 7.10. The van der Waals surface area contributed by atoms with Crippen molar-refractivity contribution in [1.29, 1.82) is 0 Å². The van der Waals surface area contributed by atoms with Gasteiger partial charge in [0.25, 0.3) is 0 Å². The first-order valence-corrected chi connectivity index (χ1v) is 7.65. The van der Waals surface area contributed by atoms with Crippen LogP contribution < -0.4 is 5.32 Å². The van der Waals surface area contributed by atoms with Gasteiger partial charge in [-0.2, -0.15) is 0 Å². The number of piperidine rings is 1. The maximum Gasteiger partial charge on any atom is 0.0416 e. The van der Waals surface area contributed by atoms with E-state index in [9.17, 15) is 0 Å². The molecular formula is C14H24N2S. The second kappa shape index (κ2) is 6.53. The topological polar surface area (TPSA) is 15.3 Å². The number of rotatable bonds is 5. The molecule has 1 aliphatic rings. The molecule has 2 nitrogen and oxygen atoms in total. The molecule has 0 aliphatic carbocycles. The summed E-state index contributed by atoms with van der Waals surface area (Å²) in [5.74, 6) is 0. The smallest absolute Gasteiger partial charge is 0.0416 e. The van der Waals surface area contributed by atoms with Gasteiger partial charge >= 0.3 is 0 Å². The summed E-state index contributed by atoms with van der Waals surface area (Å²) in [6, 6.07) is 5.73. The van der Waals surface area contributed by atoms with Crippen LogP contribution >= 0.6 is 11.3 Å². The molecule has 2 heterocycles. The summed E-state index contributed by atoms with van der Waals surface area (Å²) < 4.78 is 0. The number of nitrogens with one attached hydrogen (secondary N) is 1. The third-order valence-electron chi connectivity index (χ3n) is 3.62. The monoisotopic (exact) mass is 252 g/mol. The van der Waals surface area contributed by atoms with Crippen molar-refractivity contribution in [1.82, 2.24) is 10.2 Å². The molecule has 0 saturated carbocycles. The van der Waals surface area contributed by atoms with E-state index in [2.05, 4.69) is 41.7 Å². The molecule has 2 rings (SSSR count). The fraction of sp³-hybridized carbons (Fsp3) is 0.714. The van der Waals surface area contributed by atoms with E-state index >= 15 is 0 Å². The molecular weight excluding hydrogens is 228 g/mol. The quantitative estimate of drug-likeness (QED) is 0.865. The summed E-state index contributed by atoms with van der Waals surface area (Å²) >= 11 is 1.89. The van der Waals surface area contributed by atoms with Crippen molar-refractivity contribution in [2.45, 2.75) is 44.7 Å². The maximum absolute atomic E-state index is 3.86. The lowest BCUT2D eigenvalue weighted by Gasteiger charge is -2.32. The highest BCUT2D eigenvalue weighted by Gasteiger charge is 2.20. The highest BCUT2D eigenvalue weighted by Crippen LogP contribution is 2.25. The van der Waals surface area contributed by atoms with E-state index < -0.39 is 0 Å². The molecule has 1 saturated heterocycles. The molecule has 1 N–H and O–H groups in total. The molecule has 17 heavy (non-hydrogen) atoms. The van der Waals surface area contributed by atoms with Crippen molar-refractivity contribution in [3.63, 3.8) is 0 Å². The lowest BCUT2D eigenvalue weighted by atomic mass is 10.0. The Kier molecular flexibility index (Phi) is 5.01. The van der Waals surface area contributed by atoms with Crippen LogP contribution in [0.4, 0.5) is 0 Å². The van der Waals surface area contributed by atoms with Gasteiger partial charge in [-0.25, -0.2) is 0 Å². The van der Waals surface area contributed by atoms with Gasteiger partial charge in [-0.3, -0.25) is 0 Å². The van der Waals surface area contributed by atoms with Gasteiger partial charge in [-0.05, 0) is 50.8 Å². The number of hydrogen-bond acceptors (Lipinski definition) is 3. The zero-order valence-corrected chi connectivity index (χ0v) is 11.8. The summed E-state index contributed by atoms with van der Waals surface area (Å²) in [6.07, 6.45) is 5.10. The minimum atomic E-state index is 0.577. The molecule has 3 heteroatoms. The van der Waals surface area contributed by atoms with Crippen molar-refractivity contribution in [3.8, 4) is 0 Å². The van der Waals surface area contributed by atoms with Gasteiger partial charge in [0, 0.05) is 17.0 Å². The second-order valence-corrected chi connectivity index (χ2v) is 6.08. The fourth-order valence-electron chi connectivity index (χ4n) is 2.55. The van der Waals surface area contributed by atoms with E-state index in [0.717, 1.165) is 0 Å². The first kappa shape index (κ1) is 13.1. The predicted octanol–water partition coefficient (Wildman–Crippen LogP) is 3.27. The first-order chi connectivity index (χ1) is 8.29. The Morgan fingerprint density at radius 3 is 2.82 bits per heavy atom. The lowest BCUT2D eigenvalue weighted by Crippen LogP contribution is -2.42. The number of nitrogens with zero attached hydrogens (tertiary/aromatic N) is 1. The molecule has 1 atom stereocenters. The Hall–Kier alpha value is -0.380. The molecule has 1 aliphatic heterocycles. The molecule has 1 fully saturated rings. The molecule has 0 amide bonds. The zero-order chi connectivity index (χ0) is 12.1. The molecule has 96 valence electrons. The third kappa shape index (κ3) is 3.80. The lowest BCUT2D eigenvalue weighted by molar-refractivity contribution is 0.223. The van der Waals surface area contributed by atoms with Gasteiger partial charge in [-0.1, -0.05) is 19.4 Å². The van der Waals surface area contributed by atoms with Crippen LogP contribution in [0.15, 0.2) is 17.5 Å². The van der Waals surface area contributed by atoms with E-state index in [1.165, 1.54) is 43.6 Å². The van der Waals surface area contributed by atoms with Gasteiger partial charge in [-0.15, -0.1) is 11.3 Å². The van der Waals surface area contributed by atoms with Gasteiger partial charge in [0.05, 0.1) is 0 Å². The third-order valence-corrected chi connectivity index (χ3v) is 4.61. The van der Waals surface area contributed by atoms with Gasteiger partial charge in [0.1, 0.15) is 0 Å². The van der Waals surface area contributed by atoms with E-state index in [-0.39, 0.29) is 0 Å². The first-order valence-electron chi connectivity index (χ1n) is 6.77. The predicted molar refractivity (Wildman–Crippen MR) is 75.6 cm³/mol. The number of hydrogen-bond donors (Lipinski definition) is 1. The Morgan fingerprint density at radius 2 is 2.24 bits per heavy atom. The van der Waals surface area contributed by atoms with Crippen LogP contribution in [-0.2, 0) is 0 Å². The number of thiophene rings is 1. The average molecular weight is 252 g/mol. The Balaban J connectivity index is 1.89. The summed E-state index contributed by atoms with van der Waals surface area (Å²) in [7, 11) is 2.22. The van der Waals surface area contributed by atoms with Crippen LogP contribution in [0.2, 0.25) is 0 Å². The van der Waals surface area contributed by atoms with E-state index in [1.54, 1.807) is 0 Å². The van der Waals surface area contributed by atoms with Gasteiger partial charge < -0.3 is 10.2 Å². The Bertz CT molecular complexity index is 302. The largest absolute Gasteiger partial charge is 0.306 e. The molecule has 0 radical (unpaired) electrons. The Morgan fingerprint density at radius 1 is 1.47 bits per heavy atom. The van der Waals surface area contributed by atoms with Gasteiger partial charge in [0.2, 0.25) is 0 Å². The summed E-state index contributed by atoms with van der Waals surface area (Å²) in [5.41, 5.74) is 0. The molecule has 0 spiro atoms. The standard InChI is InChI=1S/C14H24N2S/c1-3-5-13(14-6-4-11-17-14)15-12-7-9-16(2)10-8-12/h4,6,11-13,15H,3,5,7-10H2,1-2H3. The fourth-order valence-corrected chi connectivity index (χ4v) is 3.37. The van der Waals surface area contributed by atoms with Crippen molar-refractivity contribution >= 4 is 11.3 Å². The minimum Gasteiger partial charge on any atom is -0.306 e. The van der Waals surface area contributed by atoms with Crippen LogP contribution in [0.5, 0.6) is 0 Å². The maximum atomic E-state index is 3.86. The molecule has 1 unspecified atom stereocenters. The van der Waals surface area contributed by atoms with Crippen molar-refractivity contribution < 1.29 is 0 Å². The summed E-state index contributed by atoms with van der Waals surface area (Å²) in [5, 5.41) is 6.05. The van der Waals surface area contributed by atoms with E-state index in [0.29, 0.717) is 12.1 Å². The second-order valence-electron chi connectivity index (χ2n) is 5.10. The van der Waals surface area contributed by atoms with Crippen molar-refractivity contribution in [2.75, 3.05) is 20.1 Å². The van der Waals surface area contributed by atoms with E-state index in [1.807, 2.05) is 11.3 Å². The molecule has 1 aromatic heterocycles. The van der Waals surface area contributed by atoms with Crippen LogP contribution in [0.3, 0.4) is 0 Å². The number of likely N-dealkylation sites (tertiary alicyclic amines) is 1. The van der Waals surface area contributed by atoms with Crippen molar-refractivity contribution in [3.05, 3.63) is 22.4 Å². The van der Waals surface area contributed by atoms with Crippen LogP contribution in [0.25, 0.3) is 0 Å². The Labute approximate surface area is 109 Å². The normalized spacial score (nSPS) is 20.6. The minimum absolute atomic E-state index is 0.577. The van der Waals surface area contributed by atoms with E-state index in [4.69, 9.17) is 0 Å².